The van der Waals surface area contributed by atoms with Crippen molar-refractivity contribution in [1.29, 1.82) is 0 Å². The van der Waals surface area contributed by atoms with Crippen LogP contribution in [0.4, 0.5) is 0 Å². The lowest BCUT2D eigenvalue weighted by Gasteiger charge is -2.18. The van der Waals surface area contributed by atoms with Crippen molar-refractivity contribution in [2.75, 3.05) is 0 Å². The molecule has 3 rings (SSSR count). The van der Waals surface area contributed by atoms with Crippen molar-refractivity contribution in [2.45, 2.75) is 32.6 Å². The average Bonchev–Trinajstić information content (AvgIpc) is 2.81. The molecule has 4 nitrogen and oxygen atoms in total. The van der Waals surface area contributed by atoms with Gasteiger partial charge in [-0.2, -0.15) is 0 Å². The van der Waals surface area contributed by atoms with E-state index in [4.69, 9.17) is 0 Å². The van der Waals surface area contributed by atoms with Crippen molar-refractivity contribution in [2.24, 2.45) is 5.92 Å². The van der Waals surface area contributed by atoms with Crippen LogP contribution in [0.5, 0.6) is 0 Å². The van der Waals surface area contributed by atoms with E-state index >= 15 is 0 Å². The number of aryl methyl sites for hydroxylation is 1. The van der Waals surface area contributed by atoms with Crippen LogP contribution in [0.2, 0.25) is 0 Å². The second kappa shape index (κ2) is 4.44. The van der Waals surface area contributed by atoms with Gasteiger partial charge in [0.05, 0.1) is 11.4 Å². The fraction of sp³-hybridized carbons (Fsp3) is 0.429. The molecule has 0 spiro atoms. The maximum absolute atomic E-state index is 11.3. The predicted octanol–water partition coefficient (Wildman–Crippen LogP) is 2.28. The molecule has 1 aliphatic carbocycles. The number of hydrogen-bond acceptors (Lipinski definition) is 2. The van der Waals surface area contributed by atoms with Gasteiger partial charge in [-0.1, -0.05) is 19.4 Å². The Hall–Kier alpha value is -1.84. The number of aromatic nitrogens is 3. The van der Waals surface area contributed by atoms with Crippen LogP contribution in [-0.4, -0.2) is 15.0 Å². The molecule has 1 unspecified atom stereocenters. The minimum absolute atomic E-state index is 0.0895. The van der Waals surface area contributed by atoms with Crippen molar-refractivity contribution in [1.82, 2.24) is 15.0 Å². The van der Waals surface area contributed by atoms with E-state index in [2.05, 4.69) is 21.9 Å². The van der Waals surface area contributed by atoms with Gasteiger partial charge >= 0.3 is 0 Å². The summed E-state index contributed by atoms with van der Waals surface area (Å²) in [5.74, 6) is 1.55. The van der Waals surface area contributed by atoms with Crippen LogP contribution in [0.3, 0.4) is 0 Å². The Kier molecular flexibility index (Phi) is 2.78. The molecular formula is C14H17N3O. The van der Waals surface area contributed by atoms with Crippen molar-refractivity contribution in [3.8, 4) is 11.5 Å². The normalized spacial score (nSPS) is 18.6. The van der Waals surface area contributed by atoms with Gasteiger partial charge in [-0.05, 0) is 31.2 Å². The summed E-state index contributed by atoms with van der Waals surface area (Å²) in [6, 6.07) is 5.15. The maximum Gasteiger partial charge on any atom is 0.248 e. The Morgan fingerprint density at radius 2 is 2.28 bits per heavy atom. The van der Waals surface area contributed by atoms with Crippen molar-refractivity contribution in [3.05, 3.63) is 39.9 Å². The summed E-state index contributed by atoms with van der Waals surface area (Å²) in [6.07, 6.45) is 4.56. The molecule has 2 N–H and O–H groups in total. The summed E-state index contributed by atoms with van der Waals surface area (Å²) in [4.78, 5) is 22.1. The van der Waals surface area contributed by atoms with E-state index in [0.29, 0.717) is 0 Å². The second-order valence-electron chi connectivity index (χ2n) is 4.96. The summed E-state index contributed by atoms with van der Waals surface area (Å²) in [5, 5.41) is 0. The summed E-state index contributed by atoms with van der Waals surface area (Å²) in [7, 11) is 0. The van der Waals surface area contributed by atoms with E-state index in [9.17, 15) is 4.79 Å². The first-order valence-corrected chi connectivity index (χ1v) is 6.53. The van der Waals surface area contributed by atoms with Crippen molar-refractivity contribution >= 4 is 0 Å². The standard InChI is InChI=1S/C14H17N3O/c1-2-9-6-7-10-12(8-9)17-14(16-10)11-4-3-5-13(18)15-11/h3-5,9H,2,6-8H2,1H3,(H,15,18)(H,16,17). The highest BCUT2D eigenvalue weighted by Gasteiger charge is 2.21. The molecule has 0 amide bonds. The monoisotopic (exact) mass is 243 g/mol. The van der Waals surface area contributed by atoms with E-state index in [1.54, 1.807) is 6.07 Å². The van der Waals surface area contributed by atoms with E-state index < -0.39 is 0 Å². The van der Waals surface area contributed by atoms with Gasteiger partial charge in [-0.3, -0.25) is 4.79 Å². The zero-order chi connectivity index (χ0) is 12.5. The molecule has 18 heavy (non-hydrogen) atoms. The highest BCUT2D eigenvalue weighted by Crippen LogP contribution is 2.27. The fourth-order valence-electron chi connectivity index (χ4n) is 2.61. The molecule has 0 saturated heterocycles. The van der Waals surface area contributed by atoms with Crippen LogP contribution < -0.4 is 5.56 Å². The van der Waals surface area contributed by atoms with Gasteiger partial charge in [-0.15, -0.1) is 0 Å². The largest absolute Gasteiger partial charge is 0.340 e. The van der Waals surface area contributed by atoms with Crippen LogP contribution in [-0.2, 0) is 12.8 Å². The first kappa shape index (κ1) is 11.3. The van der Waals surface area contributed by atoms with Crippen molar-refractivity contribution < 1.29 is 0 Å². The Morgan fingerprint density at radius 1 is 1.39 bits per heavy atom. The van der Waals surface area contributed by atoms with Crippen LogP contribution in [0.15, 0.2) is 23.0 Å². The number of nitrogens with one attached hydrogen (secondary N) is 2. The number of nitrogens with zero attached hydrogens (tertiary/aromatic N) is 1. The van der Waals surface area contributed by atoms with Gasteiger partial charge in [0.2, 0.25) is 5.56 Å². The third kappa shape index (κ3) is 1.98. The lowest BCUT2D eigenvalue weighted by atomic mass is 9.88. The van der Waals surface area contributed by atoms with Gasteiger partial charge in [0.25, 0.3) is 0 Å². The second-order valence-corrected chi connectivity index (χ2v) is 4.96. The van der Waals surface area contributed by atoms with Crippen molar-refractivity contribution in [3.63, 3.8) is 0 Å². The molecule has 4 heteroatoms. The van der Waals surface area contributed by atoms with Gasteiger partial charge in [0, 0.05) is 11.8 Å². The van der Waals surface area contributed by atoms with Crippen LogP contribution in [0.1, 0.15) is 31.2 Å². The predicted molar refractivity (Wildman–Crippen MR) is 70.5 cm³/mol. The fourth-order valence-corrected chi connectivity index (χ4v) is 2.61. The zero-order valence-corrected chi connectivity index (χ0v) is 10.5. The molecule has 0 fully saturated rings. The Labute approximate surface area is 105 Å². The Morgan fingerprint density at radius 3 is 3.06 bits per heavy atom. The minimum Gasteiger partial charge on any atom is -0.340 e. The molecule has 0 radical (unpaired) electrons. The van der Waals surface area contributed by atoms with Gasteiger partial charge in [0.15, 0.2) is 5.82 Å². The zero-order valence-electron chi connectivity index (χ0n) is 10.5. The molecule has 0 saturated carbocycles. The number of rotatable bonds is 2. The SMILES string of the molecule is CCC1CCc2nc(-c3cccc(=O)[nH]3)[nH]c2C1. The van der Waals surface area contributed by atoms with Gasteiger partial charge in [0.1, 0.15) is 0 Å². The summed E-state index contributed by atoms with van der Waals surface area (Å²) >= 11 is 0. The lowest BCUT2D eigenvalue weighted by Crippen LogP contribution is -2.12. The number of pyridine rings is 1. The molecule has 2 heterocycles. The summed E-state index contributed by atoms with van der Waals surface area (Å²) in [5.41, 5.74) is 3.09. The molecule has 0 aliphatic heterocycles. The first-order valence-electron chi connectivity index (χ1n) is 6.53. The average molecular weight is 243 g/mol. The van der Waals surface area contributed by atoms with Gasteiger partial charge in [-0.25, -0.2) is 4.98 Å². The highest BCUT2D eigenvalue weighted by molar-refractivity contribution is 5.50. The number of fused-ring (bicyclic) bond motifs is 1. The quantitative estimate of drug-likeness (QED) is 0.850. The minimum atomic E-state index is -0.0895. The first-order chi connectivity index (χ1) is 8.76. The molecule has 1 aliphatic rings. The Balaban J connectivity index is 1.96. The maximum atomic E-state index is 11.3. The molecular weight excluding hydrogens is 226 g/mol. The van der Waals surface area contributed by atoms with Crippen LogP contribution in [0.25, 0.3) is 11.5 Å². The van der Waals surface area contributed by atoms with Gasteiger partial charge < -0.3 is 9.97 Å². The number of imidazole rings is 1. The highest BCUT2D eigenvalue weighted by atomic mass is 16.1. The third-order valence-electron chi connectivity index (χ3n) is 3.75. The van der Waals surface area contributed by atoms with E-state index in [1.807, 2.05) is 6.07 Å². The summed E-state index contributed by atoms with van der Waals surface area (Å²) in [6.45, 7) is 2.24. The molecule has 0 aromatic carbocycles. The smallest absolute Gasteiger partial charge is 0.248 e. The third-order valence-corrected chi connectivity index (χ3v) is 3.75. The molecule has 2 aromatic rings. The molecule has 2 aromatic heterocycles. The molecule has 0 bridgehead atoms. The van der Waals surface area contributed by atoms with E-state index in [1.165, 1.54) is 30.3 Å². The van der Waals surface area contributed by atoms with Crippen LogP contribution in [0, 0.1) is 5.92 Å². The topological polar surface area (TPSA) is 61.5 Å². The van der Waals surface area contributed by atoms with E-state index in [0.717, 1.165) is 30.3 Å². The number of H-pyrrole nitrogens is 2. The molecule has 1 atom stereocenters. The lowest BCUT2D eigenvalue weighted by molar-refractivity contribution is 0.438. The number of hydrogen-bond donors (Lipinski definition) is 2. The summed E-state index contributed by atoms with van der Waals surface area (Å²) < 4.78 is 0. The molecule has 94 valence electrons. The van der Waals surface area contributed by atoms with Crippen LogP contribution >= 0.6 is 0 Å². The Bertz CT molecular complexity index is 611. The van der Waals surface area contributed by atoms with E-state index in [-0.39, 0.29) is 5.56 Å². The number of aromatic amines is 2.